The Labute approximate surface area is 141 Å². The number of aryl methyl sites for hydroxylation is 1. The molecule has 0 bridgehead atoms. The smallest absolute Gasteiger partial charge is 0.243 e. The molecule has 0 amide bonds. The van der Waals surface area contributed by atoms with E-state index >= 15 is 0 Å². The van der Waals surface area contributed by atoms with Crippen molar-refractivity contribution >= 4 is 10.0 Å². The lowest BCUT2D eigenvalue weighted by molar-refractivity contribution is -0.154. The van der Waals surface area contributed by atoms with Crippen LogP contribution in [0.4, 0.5) is 0 Å². The lowest BCUT2D eigenvalue weighted by Gasteiger charge is -2.41. The molecule has 2 heterocycles. The zero-order valence-electron chi connectivity index (χ0n) is 13.9. The normalized spacial score (nSPS) is 33.4. The van der Waals surface area contributed by atoms with Gasteiger partial charge in [-0.25, -0.2) is 8.42 Å². The summed E-state index contributed by atoms with van der Waals surface area (Å²) in [7, 11) is -3.87. The molecule has 3 rings (SSSR count). The van der Waals surface area contributed by atoms with Crippen LogP contribution in [0.3, 0.4) is 0 Å². The monoisotopic (exact) mass is 357 g/mol. The van der Waals surface area contributed by atoms with Crippen LogP contribution in [-0.4, -0.2) is 66.2 Å². The number of nitrogens with zero attached hydrogens (tertiary/aromatic N) is 1. The third-order valence-electron chi connectivity index (χ3n) is 4.50. The van der Waals surface area contributed by atoms with Gasteiger partial charge in [0.15, 0.2) is 5.79 Å². The van der Waals surface area contributed by atoms with Gasteiger partial charge in [0, 0.05) is 6.54 Å². The number of rotatable bonds is 3. The van der Waals surface area contributed by atoms with Gasteiger partial charge in [0.2, 0.25) is 10.0 Å². The maximum Gasteiger partial charge on any atom is 0.243 e. The zero-order valence-corrected chi connectivity index (χ0v) is 14.7. The largest absolute Gasteiger partial charge is 0.395 e. The van der Waals surface area contributed by atoms with Gasteiger partial charge in [-0.3, -0.25) is 0 Å². The second kappa shape index (κ2) is 6.05. The van der Waals surface area contributed by atoms with Crippen molar-refractivity contribution in [2.45, 2.75) is 55.8 Å². The molecular weight excluding hydrogens is 334 g/mol. The minimum Gasteiger partial charge on any atom is -0.395 e. The third-order valence-corrected chi connectivity index (χ3v) is 6.40. The number of aliphatic hydroxyl groups is 2. The zero-order chi connectivity index (χ0) is 17.7. The highest BCUT2D eigenvalue weighted by molar-refractivity contribution is 7.89. The van der Waals surface area contributed by atoms with E-state index in [9.17, 15) is 18.6 Å². The molecule has 0 aromatic heterocycles. The van der Waals surface area contributed by atoms with Gasteiger partial charge in [0.1, 0.15) is 18.3 Å². The molecule has 0 unspecified atom stereocenters. The Hall–Kier alpha value is -1.03. The molecular formula is C16H23NO6S. The van der Waals surface area contributed by atoms with Crippen LogP contribution in [0, 0.1) is 6.92 Å². The Balaban J connectivity index is 1.95. The minimum absolute atomic E-state index is 0.0204. The van der Waals surface area contributed by atoms with E-state index in [-0.39, 0.29) is 11.4 Å². The van der Waals surface area contributed by atoms with Crippen LogP contribution in [0.1, 0.15) is 19.4 Å². The topological polar surface area (TPSA) is 96.3 Å². The summed E-state index contributed by atoms with van der Waals surface area (Å²) in [5.41, 5.74) is 0.945. The van der Waals surface area contributed by atoms with Crippen molar-refractivity contribution in [3.8, 4) is 0 Å². The van der Waals surface area contributed by atoms with Crippen molar-refractivity contribution in [3.63, 3.8) is 0 Å². The number of hydrogen-bond donors (Lipinski definition) is 2. The Morgan fingerprint density at radius 1 is 1.25 bits per heavy atom. The SMILES string of the molecule is Cc1ccc(S(=O)(=O)N2C[C@@H]3OC(C)(C)O[C@H]3[C@H](O)[C@@H]2CO)cc1. The lowest BCUT2D eigenvalue weighted by atomic mass is 9.97. The first-order valence-electron chi connectivity index (χ1n) is 7.89. The van der Waals surface area contributed by atoms with E-state index in [2.05, 4.69) is 0 Å². The Bertz CT molecular complexity index is 702. The summed E-state index contributed by atoms with van der Waals surface area (Å²) < 4.78 is 38.5. The van der Waals surface area contributed by atoms with E-state index in [1.807, 2.05) is 6.92 Å². The summed E-state index contributed by atoms with van der Waals surface area (Å²) >= 11 is 0. The van der Waals surface area contributed by atoms with Crippen molar-refractivity contribution in [1.82, 2.24) is 4.31 Å². The van der Waals surface area contributed by atoms with Gasteiger partial charge in [-0.05, 0) is 32.9 Å². The number of ether oxygens (including phenoxy) is 2. The molecule has 4 atom stereocenters. The molecule has 1 aromatic carbocycles. The van der Waals surface area contributed by atoms with E-state index in [0.717, 1.165) is 9.87 Å². The first-order chi connectivity index (χ1) is 11.2. The molecule has 2 saturated heterocycles. The summed E-state index contributed by atoms with van der Waals surface area (Å²) in [6.07, 6.45) is -2.42. The lowest BCUT2D eigenvalue weighted by Crippen LogP contribution is -2.62. The van der Waals surface area contributed by atoms with Crippen LogP contribution in [0.15, 0.2) is 29.2 Å². The second-order valence-corrected chi connectivity index (χ2v) is 8.66. The highest BCUT2D eigenvalue weighted by atomic mass is 32.2. The van der Waals surface area contributed by atoms with Gasteiger partial charge in [0.05, 0.1) is 17.5 Å². The number of piperidine rings is 1. The van der Waals surface area contributed by atoms with E-state index in [0.29, 0.717) is 0 Å². The molecule has 134 valence electrons. The average Bonchev–Trinajstić information content (AvgIpc) is 2.82. The first-order valence-corrected chi connectivity index (χ1v) is 9.33. The number of fused-ring (bicyclic) bond motifs is 1. The van der Waals surface area contributed by atoms with Crippen LogP contribution in [-0.2, 0) is 19.5 Å². The van der Waals surface area contributed by atoms with Crippen molar-refractivity contribution < 1.29 is 28.1 Å². The maximum absolute atomic E-state index is 13.0. The number of sulfonamides is 1. The van der Waals surface area contributed by atoms with Gasteiger partial charge < -0.3 is 19.7 Å². The number of aliphatic hydroxyl groups excluding tert-OH is 2. The fourth-order valence-corrected chi connectivity index (χ4v) is 4.96. The van der Waals surface area contributed by atoms with Crippen molar-refractivity contribution in [3.05, 3.63) is 29.8 Å². The standard InChI is InChI=1S/C16H23NO6S/c1-10-4-6-11(7-5-10)24(20,21)17-8-13-15(14(19)12(17)9-18)23-16(2,3)22-13/h4-7,12-15,18-19H,8-9H2,1-3H3/t12-,13-,14+,15+/m0/s1. The van der Waals surface area contributed by atoms with Gasteiger partial charge in [-0.1, -0.05) is 17.7 Å². The molecule has 2 N–H and O–H groups in total. The van der Waals surface area contributed by atoms with Gasteiger partial charge in [-0.2, -0.15) is 4.31 Å². The van der Waals surface area contributed by atoms with Crippen molar-refractivity contribution in [2.75, 3.05) is 13.2 Å². The van der Waals surface area contributed by atoms with Gasteiger partial charge >= 0.3 is 0 Å². The summed E-state index contributed by atoms with van der Waals surface area (Å²) in [4.78, 5) is 0.121. The fourth-order valence-electron chi connectivity index (χ4n) is 3.32. The Morgan fingerprint density at radius 2 is 1.88 bits per heavy atom. The number of hydrogen-bond acceptors (Lipinski definition) is 6. The van der Waals surface area contributed by atoms with Crippen LogP contribution >= 0.6 is 0 Å². The Morgan fingerprint density at radius 3 is 2.46 bits per heavy atom. The molecule has 1 aromatic rings. The molecule has 7 nitrogen and oxygen atoms in total. The molecule has 2 aliphatic heterocycles. The van der Waals surface area contributed by atoms with Crippen molar-refractivity contribution in [1.29, 1.82) is 0 Å². The summed E-state index contributed by atoms with van der Waals surface area (Å²) in [5.74, 6) is -0.903. The first kappa shape index (κ1) is 17.8. The molecule has 0 radical (unpaired) electrons. The minimum atomic E-state index is -3.87. The molecule has 2 aliphatic rings. The van der Waals surface area contributed by atoms with Crippen LogP contribution < -0.4 is 0 Å². The third kappa shape index (κ3) is 2.98. The highest BCUT2D eigenvalue weighted by Crippen LogP contribution is 2.37. The van der Waals surface area contributed by atoms with Gasteiger partial charge in [-0.15, -0.1) is 0 Å². The quantitative estimate of drug-likeness (QED) is 0.805. The predicted octanol–water partition coefficient (Wildman–Crippen LogP) is 0.241. The maximum atomic E-state index is 13.0. The van der Waals surface area contributed by atoms with Crippen molar-refractivity contribution in [2.24, 2.45) is 0 Å². The van der Waals surface area contributed by atoms with E-state index < -0.39 is 46.8 Å². The second-order valence-electron chi connectivity index (χ2n) is 6.77. The van der Waals surface area contributed by atoms with E-state index in [1.54, 1.807) is 26.0 Å². The van der Waals surface area contributed by atoms with Crippen LogP contribution in [0.2, 0.25) is 0 Å². The summed E-state index contributed by atoms with van der Waals surface area (Å²) in [6.45, 7) is 4.81. The predicted molar refractivity (Wildman–Crippen MR) is 85.8 cm³/mol. The molecule has 0 spiro atoms. The Kier molecular flexibility index (Phi) is 4.48. The van der Waals surface area contributed by atoms with E-state index in [4.69, 9.17) is 9.47 Å². The van der Waals surface area contributed by atoms with E-state index in [1.165, 1.54) is 12.1 Å². The van der Waals surface area contributed by atoms with Crippen LogP contribution in [0.25, 0.3) is 0 Å². The summed E-state index contributed by atoms with van der Waals surface area (Å²) in [6, 6.07) is 5.49. The molecule has 2 fully saturated rings. The molecule has 0 saturated carbocycles. The molecule has 24 heavy (non-hydrogen) atoms. The molecule has 0 aliphatic carbocycles. The molecule has 8 heteroatoms. The summed E-state index contributed by atoms with van der Waals surface area (Å²) in [5, 5.41) is 20.2. The number of benzene rings is 1. The highest BCUT2D eigenvalue weighted by Gasteiger charge is 2.54. The van der Waals surface area contributed by atoms with Crippen LogP contribution in [0.5, 0.6) is 0 Å². The van der Waals surface area contributed by atoms with Gasteiger partial charge in [0.25, 0.3) is 0 Å². The fraction of sp³-hybridized carbons (Fsp3) is 0.625. The average molecular weight is 357 g/mol.